The van der Waals surface area contributed by atoms with Crippen LogP contribution in [0.1, 0.15) is 0 Å². The van der Waals surface area contributed by atoms with Crippen molar-refractivity contribution in [2.75, 3.05) is 7.11 Å². The van der Waals surface area contributed by atoms with Crippen molar-refractivity contribution in [3.05, 3.63) is 0 Å². The van der Waals surface area contributed by atoms with E-state index in [4.69, 9.17) is 0 Å². The summed E-state index contributed by atoms with van der Waals surface area (Å²) in [5, 5.41) is 0. The summed E-state index contributed by atoms with van der Waals surface area (Å²) in [6.45, 7) is 0. The second-order valence-electron chi connectivity index (χ2n) is 0.204. The maximum Gasteiger partial charge on any atom is -1.00 e. The number of halogens is 3. The third-order valence-corrected chi connectivity index (χ3v) is 0. The smallest absolute Gasteiger partial charge is 1.00 e. The van der Waals surface area contributed by atoms with E-state index in [0.29, 0.717) is 0 Å². The molecule has 5 heteroatoms. The number of rotatable bonds is 0. The monoisotopic (exact) mass is 226 g/mol. The van der Waals surface area contributed by atoms with Gasteiger partial charge in [-0.15, -0.1) is 0 Å². The minimum atomic E-state index is 0. The zero-order chi connectivity index (χ0) is 2.71. The van der Waals surface area contributed by atoms with Crippen LogP contribution < -0.4 is 37.2 Å². The molecule has 0 saturated heterocycles. The molecule has 0 saturated carbocycles. The summed E-state index contributed by atoms with van der Waals surface area (Å²) in [6, 6.07) is 0. The Hall–Kier alpha value is 1.71. The zero-order valence-electron chi connectivity index (χ0n) is 3.04. The van der Waals surface area contributed by atoms with Gasteiger partial charge in [-0.3, -0.25) is 0 Å². The van der Waals surface area contributed by atoms with Crippen molar-refractivity contribution in [3.63, 3.8) is 0 Å². The average Bonchev–Trinajstić information content (AvgIpc) is 0.918. The van der Waals surface area contributed by atoms with Crippen LogP contribution in [0.5, 0.6) is 0 Å². The van der Waals surface area contributed by atoms with Crippen LogP contribution in [0.3, 0.4) is 0 Å². The normalized spacial score (nSPS) is 3.17. The predicted octanol–water partition coefficient (Wildman–Crippen LogP) is -8.89. The largest absolute Gasteiger partial charge is 1.00 e. The molecule has 6 heavy (non-hydrogen) atoms. The third-order valence-electron chi connectivity index (χ3n) is 0. The summed E-state index contributed by atoms with van der Waals surface area (Å²) in [5.74, 6) is 0. The molecule has 0 bridgehead atoms. The molecule has 0 unspecified atom stereocenters. The van der Waals surface area contributed by atoms with Crippen molar-refractivity contribution in [1.82, 2.24) is 0 Å². The van der Waals surface area contributed by atoms with E-state index in [2.05, 4.69) is 2.81 Å². The van der Waals surface area contributed by atoms with Gasteiger partial charge in [0.15, 0.2) is 0 Å². The average molecular weight is 229 g/mol. The van der Waals surface area contributed by atoms with Crippen LogP contribution in [-0.2, 0) is 28.0 Å². The van der Waals surface area contributed by atoms with Gasteiger partial charge in [-0.25, -0.2) is 0 Å². The molecule has 0 aliphatic rings. The summed E-state index contributed by atoms with van der Waals surface area (Å²) in [7, 11) is 1.66. The Bertz CT molecular complexity index is 10.8. The zero-order valence-corrected chi connectivity index (χ0v) is 7.77. The van der Waals surface area contributed by atoms with Crippen LogP contribution >= 0.6 is 0 Å². The fraction of sp³-hybridized carbons (Fsp3) is 1.00. The second kappa shape index (κ2) is 29.8. The molecular formula is CH3Cl3OZr. The van der Waals surface area contributed by atoms with Crippen LogP contribution in [0.15, 0.2) is 0 Å². The Morgan fingerprint density at radius 2 is 1.17 bits per heavy atom. The fourth-order valence-corrected chi connectivity index (χ4v) is 0. The Morgan fingerprint density at radius 1 is 1.17 bits per heavy atom. The first-order chi connectivity index (χ1) is 1.41. The molecule has 0 aliphatic carbocycles. The van der Waals surface area contributed by atoms with Gasteiger partial charge in [-0.1, -0.05) is 0 Å². The summed E-state index contributed by atoms with van der Waals surface area (Å²) in [4.78, 5) is 0. The number of hydrogen-bond donors (Lipinski definition) is 0. The molecule has 1 nitrogen and oxygen atoms in total. The summed E-state index contributed by atoms with van der Waals surface area (Å²) in [5.41, 5.74) is 0. The first-order valence-corrected chi connectivity index (χ1v) is 1.62. The van der Waals surface area contributed by atoms with Crippen molar-refractivity contribution in [2.24, 2.45) is 0 Å². The quantitative estimate of drug-likeness (QED) is 0.400. The molecule has 0 N–H and O–H groups in total. The topological polar surface area (TPSA) is 9.23 Å². The maximum atomic E-state index is 4.34. The predicted molar refractivity (Wildman–Crippen MR) is 7.01 cm³/mol. The van der Waals surface area contributed by atoms with E-state index >= 15 is 0 Å². The molecule has 0 aromatic carbocycles. The molecule has 0 radical (unpaired) electrons. The van der Waals surface area contributed by atoms with Crippen molar-refractivity contribution in [1.29, 1.82) is 0 Å². The van der Waals surface area contributed by atoms with Crippen molar-refractivity contribution in [3.8, 4) is 0 Å². The molecule has 0 fully saturated rings. The first-order valence-electron chi connectivity index (χ1n) is 0.612. The Morgan fingerprint density at radius 3 is 1.17 bits per heavy atom. The van der Waals surface area contributed by atoms with E-state index in [1.54, 1.807) is 7.11 Å². The van der Waals surface area contributed by atoms with E-state index in [0.717, 1.165) is 25.2 Å². The van der Waals surface area contributed by atoms with Crippen molar-refractivity contribution < 1.29 is 65.2 Å². The van der Waals surface area contributed by atoms with Crippen LogP contribution in [-0.4, -0.2) is 7.11 Å². The third kappa shape index (κ3) is 43.2. The molecule has 0 aliphatic heterocycles. The van der Waals surface area contributed by atoms with Crippen molar-refractivity contribution >= 4 is 0 Å². The standard InChI is InChI=1S/CH3O.3ClH.Zr/c1-2;;;;/h1H3;3*1H;/q-1;;;;+4/p-3. The van der Waals surface area contributed by atoms with Gasteiger partial charge >= 0.3 is 35.1 Å². The molecular weight excluding hydrogens is 226 g/mol. The molecule has 0 amide bonds. The molecule has 0 atom stereocenters. The molecule has 0 rings (SSSR count). The minimum Gasteiger partial charge on any atom is -1.00 e. The molecule has 38 valence electrons. The van der Waals surface area contributed by atoms with Gasteiger partial charge in [0, 0.05) is 0 Å². The number of hydrogen-bond acceptors (Lipinski definition) is 1. The SMILES string of the molecule is C[O][Zr+3].[Cl-].[Cl-].[Cl-]. The molecule has 0 aromatic rings. The Kier molecular flexibility index (Phi) is 125. The Balaban J connectivity index is -0.00000000667. The molecule has 0 aromatic heterocycles. The van der Waals surface area contributed by atoms with E-state index in [-0.39, 0.29) is 37.2 Å². The van der Waals surface area contributed by atoms with Gasteiger partial charge in [-0.2, -0.15) is 0 Å². The van der Waals surface area contributed by atoms with Crippen LogP contribution in [0, 0.1) is 0 Å². The molecule has 0 heterocycles. The van der Waals surface area contributed by atoms with Gasteiger partial charge in [0.05, 0.1) is 0 Å². The second-order valence-corrected chi connectivity index (χ2v) is 1.21. The van der Waals surface area contributed by atoms with Gasteiger partial charge in [0.2, 0.25) is 0 Å². The van der Waals surface area contributed by atoms with Crippen LogP contribution in [0.4, 0.5) is 0 Å². The summed E-state index contributed by atoms with van der Waals surface area (Å²) >= 11 is 1.14. The van der Waals surface area contributed by atoms with Gasteiger partial charge in [-0.05, 0) is 0 Å². The molecule has 0 spiro atoms. The van der Waals surface area contributed by atoms with Crippen LogP contribution in [0.25, 0.3) is 0 Å². The van der Waals surface area contributed by atoms with E-state index in [1.807, 2.05) is 0 Å². The van der Waals surface area contributed by atoms with E-state index < -0.39 is 0 Å². The first kappa shape index (κ1) is 25.2. The summed E-state index contributed by atoms with van der Waals surface area (Å²) in [6.07, 6.45) is 0. The minimum absolute atomic E-state index is 0. The maximum absolute atomic E-state index is 4.34. The van der Waals surface area contributed by atoms with E-state index in [1.165, 1.54) is 0 Å². The fourth-order valence-electron chi connectivity index (χ4n) is 0. The van der Waals surface area contributed by atoms with E-state index in [9.17, 15) is 0 Å². The van der Waals surface area contributed by atoms with Gasteiger partial charge in [0.25, 0.3) is 0 Å². The summed E-state index contributed by atoms with van der Waals surface area (Å²) < 4.78 is 4.34. The van der Waals surface area contributed by atoms with Crippen LogP contribution in [0.2, 0.25) is 0 Å². The van der Waals surface area contributed by atoms with Gasteiger partial charge in [0.1, 0.15) is 0 Å². The van der Waals surface area contributed by atoms with Crippen molar-refractivity contribution in [2.45, 2.75) is 0 Å². The Labute approximate surface area is 71.9 Å². The van der Waals surface area contributed by atoms with Gasteiger partial charge < -0.3 is 37.2 Å².